The second kappa shape index (κ2) is 4.54. The van der Waals surface area contributed by atoms with Gasteiger partial charge >= 0.3 is 0 Å². The van der Waals surface area contributed by atoms with Crippen LogP contribution >= 0.6 is 0 Å². The topological polar surface area (TPSA) is 84.3 Å². The Kier molecular flexibility index (Phi) is 3.62. The van der Waals surface area contributed by atoms with Crippen molar-refractivity contribution in [1.82, 2.24) is 9.55 Å². The van der Waals surface area contributed by atoms with Crippen LogP contribution in [0.25, 0.3) is 0 Å². The van der Waals surface area contributed by atoms with E-state index in [1.807, 2.05) is 13.8 Å². The maximum Gasteiger partial charge on any atom is 0.110 e. The standard InChI is InChI=1S/C9H17N3O2/c1-3-9-11-7(4-13)8(5-14)12(9)6(2)10/h6,13-14H,3-5,10H2,1-2H3. The van der Waals surface area contributed by atoms with Crippen molar-refractivity contribution in [2.24, 2.45) is 5.73 Å². The van der Waals surface area contributed by atoms with Gasteiger partial charge < -0.3 is 20.5 Å². The highest BCUT2D eigenvalue weighted by Gasteiger charge is 2.16. The molecule has 5 heteroatoms. The van der Waals surface area contributed by atoms with Crippen molar-refractivity contribution in [1.29, 1.82) is 0 Å². The fraction of sp³-hybridized carbons (Fsp3) is 0.667. The van der Waals surface area contributed by atoms with Gasteiger partial charge in [0.05, 0.1) is 30.8 Å². The van der Waals surface area contributed by atoms with Crippen LogP contribution in [0.15, 0.2) is 0 Å². The molecule has 0 bridgehead atoms. The van der Waals surface area contributed by atoms with E-state index in [9.17, 15) is 0 Å². The molecular weight excluding hydrogens is 182 g/mol. The second-order valence-electron chi connectivity index (χ2n) is 3.20. The summed E-state index contributed by atoms with van der Waals surface area (Å²) in [6, 6.07) is 0. The first kappa shape index (κ1) is 11.2. The lowest BCUT2D eigenvalue weighted by molar-refractivity contribution is 0.248. The maximum atomic E-state index is 9.16. The Hall–Kier alpha value is -0.910. The molecule has 0 saturated carbocycles. The predicted octanol–water partition coefficient (Wildman–Crippen LogP) is -0.0927. The summed E-state index contributed by atoms with van der Waals surface area (Å²) < 4.78 is 1.77. The van der Waals surface area contributed by atoms with Crippen LogP contribution in [0.1, 0.15) is 37.2 Å². The minimum absolute atomic E-state index is 0.148. The average Bonchev–Trinajstić information content (AvgIpc) is 2.54. The van der Waals surface area contributed by atoms with Crippen molar-refractivity contribution in [2.45, 2.75) is 39.6 Å². The molecule has 0 aromatic carbocycles. The van der Waals surface area contributed by atoms with E-state index < -0.39 is 0 Å². The first-order valence-corrected chi connectivity index (χ1v) is 4.71. The van der Waals surface area contributed by atoms with Gasteiger partial charge in [0, 0.05) is 6.42 Å². The van der Waals surface area contributed by atoms with Crippen molar-refractivity contribution in [2.75, 3.05) is 0 Å². The Labute approximate surface area is 83.2 Å². The minimum atomic E-state index is -0.236. The van der Waals surface area contributed by atoms with Crippen LogP contribution in [0.5, 0.6) is 0 Å². The second-order valence-corrected chi connectivity index (χ2v) is 3.20. The van der Waals surface area contributed by atoms with Crippen LogP contribution in [0.4, 0.5) is 0 Å². The molecule has 0 amide bonds. The number of aliphatic hydroxyl groups excluding tert-OH is 2. The molecule has 5 nitrogen and oxygen atoms in total. The van der Waals surface area contributed by atoms with Gasteiger partial charge in [-0.2, -0.15) is 0 Å². The van der Waals surface area contributed by atoms with Gasteiger partial charge in [-0.1, -0.05) is 6.92 Å². The summed E-state index contributed by atoms with van der Waals surface area (Å²) in [5.41, 5.74) is 6.89. The molecular formula is C9H17N3O2. The van der Waals surface area contributed by atoms with E-state index in [1.54, 1.807) is 4.57 Å². The van der Waals surface area contributed by atoms with Crippen LogP contribution in [0.2, 0.25) is 0 Å². The monoisotopic (exact) mass is 199 g/mol. The highest BCUT2D eigenvalue weighted by atomic mass is 16.3. The maximum absolute atomic E-state index is 9.16. The zero-order chi connectivity index (χ0) is 10.7. The van der Waals surface area contributed by atoms with Gasteiger partial charge in [0.2, 0.25) is 0 Å². The first-order chi connectivity index (χ1) is 6.65. The van der Waals surface area contributed by atoms with E-state index in [0.29, 0.717) is 11.4 Å². The van der Waals surface area contributed by atoms with E-state index in [-0.39, 0.29) is 19.4 Å². The van der Waals surface area contributed by atoms with Crippen molar-refractivity contribution < 1.29 is 10.2 Å². The number of aryl methyl sites for hydroxylation is 1. The van der Waals surface area contributed by atoms with Crippen molar-refractivity contribution in [3.63, 3.8) is 0 Å². The number of hydrogen-bond donors (Lipinski definition) is 3. The van der Waals surface area contributed by atoms with E-state index >= 15 is 0 Å². The molecule has 14 heavy (non-hydrogen) atoms. The third-order valence-corrected chi connectivity index (χ3v) is 2.19. The molecule has 0 radical (unpaired) electrons. The van der Waals surface area contributed by atoms with Gasteiger partial charge in [-0.15, -0.1) is 0 Å². The number of nitrogens with zero attached hydrogens (tertiary/aromatic N) is 2. The lowest BCUT2D eigenvalue weighted by Gasteiger charge is -2.13. The quantitative estimate of drug-likeness (QED) is 0.632. The molecule has 0 aliphatic heterocycles. The predicted molar refractivity (Wildman–Crippen MR) is 52.3 cm³/mol. The van der Waals surface area contributed by atoms with E-state index in [2.05, 4.69) is 4.98 Å². The van der Waals surface area contributed by atoms with E-state index in [1.165, 1.54) is 0 Å². The minimum Gasteiger partial charge on any atom is -0.390 e. The van der Waals surface area contributed by atoms with Crippen molar-refractivity contribution in [3.8, 4) is 0 Å². The third-order valence-electron chi connectivity index (χ3n) is 2.19. The number of rotatable bonds is 4. The molecule has 0 fully saturated rings. The largest absolute Gasteiger partial charge is 0.390 e. The van der Waals surface area contributed by atoms with Crippen LogP contribution in [-0.4, -0.2) is 19.8 Å². The molecule has 0 spiro atoms. The summed E-state index contributed by atoms with van der Waals surface area (Å²) in [5.74, 6) is 0.799. The van der Waals surface area contributed by atoms with Crippen LogP contribution in [-0.2, 0) is 19.6 Å². The number of nitrogens with two attached hydrogens (primary N) is 1. The molecule has 1 unspecified atom stereocenters. The SMILES string of the molecule is CCc1nc(CO)c(CO)n1C(C)N. The molecule has 80 valence electrons. The van der Waals surface area contributed by atoms with Gasteiger partial charge in [-0.25, -0.2) is 4.98 Å². The van der Waals surface area contributed by atoms with Crippen LogP contribution < -0.4 is 5.73 Å². The average molecular weight is 199 g/mol. The van der Waals surface area contributed by atoms with Gasteiger partial charge in [0.1, 0.15) is 5.82 Å². The smallest absolute Gasteiger partial charge is 0.110 e. The molecule has 1 atom stereocenters. The Morgan fingerprint density at radius 2 is 2.07 bits per heavy atom. The number of aromatic nitrogens is 2. The molecule has 1 aromatic rings. The number of aliphatic hydroxyl groups is 2. The van der Waals surface area contributed by atoms with E-state index in [4.69, 9.17) is 15.9 Å². The summed E-state index contributed by atoms with van der Waals surface area (Å²) in [6.07, 6.45) is 0.494. The zero-order valence-electron chi connectivity index (χ0n) is 8.56. The fourth-order valence-corrected chi connectivity index (χ4v) is 1.59. The fourth-order valence-electron chi connectivity index (χ4n) is 1.59. The summed E-state index contributed by atoms with van der Waals surface area (Å²) in [7, 11) is 0. The summed E-state index contributed by atoms with van der Waals surface area (Å²) >= 11 is 0. The Morgan fingerprint density at radius 1 is 1.43 bits per heavy atom. The van der Waals surface area contributed by atoms with Gasteiger partial charge in [0.25, 0.3) is 0 Å². The lowest BCUT2D eigenvalue weighted by Crippen LogP contribution is -2.19. The third kappa shape index (κ3) is 1.79. The van der Waals surface area contributed by atoms with Crippen molar-refractivity contribution >= 4 is 0 Å². The number of imidazole rings is 1. The molecule has 0 aliphatic carbocycles. The molecule has 1 rings (SSSR count). The number of hydrogen-bond acceptors (Lipinski definition) is 4. The molecule has 0 aliphatic rings. The Balaban J connectivity index is 3.26. The van der Waals surface area contributed by atoms with Crippen LogP contribution in [0.3, 0.4) is 0 Å². The Morgan fingerprint density at radius 3 is 2.43 bits per heavy atom. The molecule has 1 aromatic heterocycles. The lowest BCUT2D eigenvalue weighted by atomic mass is 10.3. The first-order valence-electron chi connectivity index (χ1n) is 4.71. The zero-order valence-corrected chi connectivity index (χ0v) is 8.56. The van der Waals surface area contributed by atoms with Gasteiger partial charge in [-0.3, -0.25) is 0 Å². The molecule has 0 saturated heterocycles. The summed E-state index contributed by atoms with van der Waals surface area (Å²) in [6.45, 7) is 3.47. The van der Waals surface area contributed by atoms with E-state index in [0.717, 1.165) is 12.2 Å². The van der Waals surface area contributed by atoms with Gasteiger partial charge in [-0.05, 0) is 6.92 Å². The summed E-state index contributed by atoms with van der Waals surface area (Å²) in [4.78, 5) is 4.21. The summed E-state index contributed by atoms with van der Waals surface area (Å²) in [5, 5.41) is 18.2. The molecule has 4 N–H and O–H groups in total. The normalized spacial score (nSPS) is 13.2. The molecule has 1 heterocycles. The Bertz CT molecular complexity index is 307. The highest BCUT2D eigenvalue weighted by Crippen LogP contribution is 2.16. The van der Waals surface area contributed by atoms with Crippen LogP contribution in [0, 0.1) is 0 Å². The van der Waals surface area contributed by atoms with Gasteiger partial charge in [0.15, 0.2) is 0 Å². The highest BCUT2D eigenvalue weighted by molar-refractivity contribution is 5.17. The van der Waals surface area contributed by atoms with Crippen molar-refractivity contribution in [3.05, 3.63) is 17.2 Å².